The number of nitrogens with zero attached hydrogens (tertiary/aromatic N) is 1. The third kappa shape index (κ3) is 3.33. The molecule has 2 rings (SSSR count). The van der Waals surface area contributed by atoms with Crippen LogP contribution in [-0.2, 0) is 0 Å². The lowest BCUT2D eigenvalue weighted by molar-refractivity contribution is 0.141. The average molecular weight is 233 g/mol. The predicted octanol–water partition coefficient (Wildman–Crippen LogP) is 2.55. The van der Waals surface area contributed by atoms with Crippen LogP contribution in [-0.4, -0.2) is 30.1 Å². The molecule has 0 aromatic rings. The lowest BCUT2D eigenvalue weighted by atomic mass is 10.1. The summed E-state index contributed by atoms with van der Waals surface area (Å²) < 4.78 is 0. The highest BCUT2D eigenvalue weighted by molar-refractivity contribution is 5.85. The zero-order chi connectivity index (χ0) is 9.80. The Morgan fingerprint density at radius 2 is 1.27 bits per heavy atom. The molecule has 2 N–H and O–H groups in total. The number of nitrogens with two attached hydrogens (primary N) is 1. The molecule has 0 aromatic carbocycles. The summed E-state index contributed by atoms with van der Waals surface area (Å²) >= 11 is 0. The Balaban J connectivity index is 0.00000112. The van der Waals surface area contributed by atoms with Crippen molar-refractivity contribution < 1.29 is 0 Å². The molecule has 15 heavy (non-hydrogen) atoms. The third-order valence-electron chi connectivity index (χ3n) is 3.97. The third-order valence-corrected chi connectivity index (χ3v) is 3.97. The zero-order valence-corrected chi connectivity index (χ0v) is 10.5. The predicted molar refractivity (Wildman–Crippen MR) is 67.5 cm³/mol. The second-order valence-electron chi connectivity index (χ2n) is 4.90. The Hall–Kier alpha value is 0.210. The van der Waals surface area contributed by atoms with E-state index < -0.39 is 0 Å². The van der Waals surface area contributed by atoms with Gasteiger partial charge in [0.25, 0.3) is 0 Å². The van der Waals surface area contributed by atoms with Crippen LogP contribution in [0.1, 0.15) is 51.4 Å². The van der Waals surface area contributed by atoms with Gasteiger partial charge in [0, 0.05) is 25.2 Å². The number of halogens is 1. The van der Waals surface area contributed by atoms with Crippen LogP contribution >= 0.6 is 12.4 Å². The quantitative estimate of drug-likeness (QED) is 0.808. The van der Waals surface area contributed by atoms with Crippen molar-refractivity contribution >= 4 is 12.4 Å². The molecule has 0 bridgehead atoms. The molecule has 2 nitrogen and oxygen atoms in total. The van der Waals surface area contributed by atoms with Crippen LogP contribution in [0.5, 0.6) is 0 Å². The highest BCUT2D eigenvalue weighted by Gasteiger charge is 2.29. The molecular weight excluding hydrogens is 208 g/mol. The topological polar surface area (TPSA) is 29.3 Å². The first-order valence-corrected chi connectivity index (χ1v) is 6.37. The molecule has 90 valence electrons. The summed E-state index contributed by atoms with van der Waals surface area (Å²) in [5, 5.41) is 0. The van der Waals surface area contributed by atoms with Crippen molar-refractivity contribution in [1.29, 1.82) is 0 Å². The maximum absolute atomic E-state index is 5.72. The van der Waals surface area contributed by atoms with Crippen molar-refractivity contribution in [3.63, 3.8) is 0 Å². The van der Waals surface area contributed by atoms with E-state index in [1.165, 1.54) is 51.4 Å². The van der Waals surface area contributed by atoms with Gasteiger partial charge in [0.05, 0.1) is 0 Å². The smallest absolute Gasteiger partial charge is 0.0110 e. The van der Waals surface area contributed by atoms with Crippen LogP contribution < -0.4 is 5.73 Å². The fourth-order valence-electron chi connectivity index (χ4n) is 3.28. The van der Waals surface area contributed by atoms with E-state index in [2.05, 4.69) is 4.90 Å². The average Bonchev–Trinajstić information content (AvgIpc) is 2.87. The van der Waals surface area contributed by atoms with Crippen molar-refractivity contribution in [2.24, 2.45) is 5.73 Å². The van der Waals surface area contributed by atoms with E-state index in [-0.39, 0.29) is 12.4 Å². The van der Waals surface area contributed by atoms with Gasteiger partial charge in [0.15, 0.2) is 0 Å². The highest BCUT2D eigenvalue weighted by Crippen LogP contribution is 2.30. The summed E-state index contributed by atoms with van der Waals surface area (Å²) in [6.45, 7) is 1.97. The van der Waals surface area contributed by atoms with Crippen molar-refractivity contribution in [3.05, 3.63) is 0 Å². The molecule has 0 atom stereocenters. The van der Waals surface area contributed by atoms with Crippen LogP contribution in [0.25, 0.3) is 0 Å². The second kappa shape index (κ2) is 6.72. The van der Waals surface area contributed by atoms with Crippen LogP contribution in [0, 0.1) is 0 Å². The maximum Gasteiger partial charge on any atom is 0.0110 e. The molecule has 2 aliphatic carbocycles. The van der Waals surface area contributed by atoms with Gasteiger partial charge in [-0.2, -0.15) is 0 Å². The van der Waals surface area contributed by atoms with Crippen molar-refractivity contribution in [2.75, 3.05) is 13.1 Å². The van der Waals surface area contributed by atoms with Crippen molar-refractivity contribution in [3.8, 4) is 0 Å². The van der Waals surface area contributed by atoms with Gasteiger partial charge in [-0.15, -0.1) is 12.4 Å². The van der Waals surface area contributed by atoms with Gasteiger partial charge in [0.1, 0.15) is 0 Å². The van der Waals surface area contributed by atoms with Crippen LogP contribution in [0.4, 0.5) is 0 Å². The van der Waals surface area contributed by atoms with Crippen molar-refractivity contribution in [2.45, 2.75) is 63.5 Å². The van der Waals surface area contributed by atoms with E-state index in [0.29, 0.717) is 0 Å². The van der Waals surface area contributed by atoms with E-state index in [1.807, 2.05) is 0 Å². The standard InChI is InChI=1S/C12H24N2.ClH/c13-9-10-14(11-5-1-2-6-11)12-7-3-4-8-12;/h11-12H,1-10,13H2;1H. The Labute approximate surface area is 100.0 Å². The molecule has 0 amide bonds. The molecule has 0 heterocycles. The SMILES string of the molecule is Cl.NCCN(C1CCCC1)C1CCCC1. The monoisotopic (exact) mass is 232 g/mol. The van der Waals surface area contributed by atoms with Crippen LogP contribution in [0.3, 0.4) is 0 Å². The van der Waals surface area contributed by atoms with Gasteiger partial charge in [-0.3, -0.25) is 4.90 Å². The molecule has 0 saturated heterocycles. The zero-order valence-electron chi connectivity index (χ0n) is 9.66. The number of hydrogen-bond acceptors (Lipinski definition) is 2. The summed E-state index contributed by atoms with van der Waals surface area (Å²) in [5.41, 5.74) is 5.72. The van der Waals surface area contributed by atoms with Crippen LogP contribution in [0.15, 0.2) is 0 Å². The molecule has 0 aliphatic heterocycles. The summed E-state index contributed by atoms with van der Waals surface area (Å²) in [7, 11) is 0. The van der Waals surface area contributed by atoms with E-state index in [4.69, 9.17) is 5.73 Å². The molecule has 3 heteroatoms. The molecule has 0 spiro atoms. The summed E-state index contributed by atoms with van der Waals surface area (Å²) in [5.74, 6) is 0. The summed E-state index contributed by atoms with van der Waals surface area (Å²) in [4.78, 5) is 2.74. The minimum absolute atomic E-state index is 0. The van der Waals surface area contributed by atoms with E-state index in [9.17, 15) is 0 Å². The highest BCUT2D eigenvalue weighted by atomic mass is 35.5. The lowest BCUT2D eigenvalue weighted by Gasteiger charge is -2.34. The Kier molecular flexibility index (Phi) is 5.95. The lowest BCUT2D eigenvalue weighted by Crippen LogP contribution is -2.43. The van der Waals surface area contributed by atoms with E-state index in [1.54, 1.807) is 0 Å². The Bertz CT molecular complexity index is 147. The minimum atomic E-state index is 0. The van der Waals surface area contributed by atoms with Gasteiger partial charge < -0.3 is 5.73 Å². The van der Waals surface area contributed by atoms with E-state index >= 15 is 0 Å². The normalized spacial score (nSPS) is 23.6. The molecule has 2 aliphatic rings. The van der Waals surface area contributed by atoms with Gasteiger partial charge in [-0.05, 0) is 25.7 Å². The van der Waals surface area contributed by atoms with Crippen molar-refractivity contribution in [1.82, 2.24) is 4.90 Å². The summed E-state index contributed by atoms with van der Waals surface area (Å²) in [6, 6.07) is 1.75. The molecule has 0 aromatic heterocycles. The fraction of sp³-hybridized carbons (Fsp3) is 1.00. The first kappa shape index (κ1) is 13.3. The van der Waals surface area contributed by atoms with Crippen LogP contribution in [0.2, 0.25) is 0 Å². The molecule has 0 radical (unpaired) electrons. The Morgan fingerprint density at radius 1 is 0.867 bits per heavy atom. The number of rotatable bonds is 4. The first-order valence-electron chi connectivity index (χ1n) is 6.37. The fourth-order valence-corrected chi connectivity index (χ4v) is 3.28. The molecule has 0 unspecified atom stereocenters. The molecule has 2 fully saturated rings. The Morgan fingerprint density at radius 3 is 1.60 bits per heavy atom. The maximum atomic E-state index is 5.72. The minimum Gasteiger partial charge on any atom is -0.329 e. The first-order chi connectivity index (χ1) is 6.92. The summed E-state index contributed by atoms with van der Waals surface area (Å²) in [6.07, 6.45) is 11.5. The molecular formula is C12H25ClN2. The van der Waals surface area contributed by atoms with Gasteiger partial charge in [-0.1, -0.05) is 25.7 Å². The largest absolute Gasteiger partial charge is 0.329 e. The van der Waals surface area contributed by atoms with Gasteiger partial charge in [-0.25, -0.2) is 0 Å². The van der Waals surface area contributed by atoms with E-state index in [0.717, 1.165) is 25.2 Å². The second-order valence-corrected chi connectivity index (χ2v) is 4.90. The van der Waals surface area contributed by atoms with Gasteiger partial charge in [0.2, 0.25) is 0 Å². The van der Waals surface area contributed by atoms with Gasteiger partial charge >= 0.3 is 0 Å². The molecule has 2 saturated carbocycles. The number of hydrogen-bond donors (Lipinski definition) is 1.